The second kappa shape index (κ2) is 11.1. The molecule has 2 N–H and O–H groups in total. The average Bonchev–Trinajstić information content (AvgIpc) is 2.84. The van der Waals surface area contributed by atoms with Crippen molar-refractivity contribution in [3.8, 4) is 11.5 Å². The first-order valence-corrected chi connectivity index (χ1v) is 12.5. The monoisotopic (exact) mass is 602 g/mol. The van der Waals surface area contributed by atoms with E-state index in [1.807, 2.05) is 30.3 Å². The van der Waals surface area contributed by atoms with Crippen LogP contribution >= 0.6 is 15.9 Å². The number of alkyl halides is 2. The van der Waals surface area contributed by atoms with Crippen LogP contribution in [-0.2, 0) is 5.41 Å². The van der Waals surface area contributed by atoms with Crippen molar-refractivity contribution in [1.82, 2.24) is 5.32 Å². The number of rotatable bonds is 5. The minimum absolute atomic E-state index is 0.0643. The van der Waals surface area contributed by atoms with E-state index in [1.54, 1.807) is 11.4 Å². The maximum atomic E-state index is 14.1. The van der Waals surface area contributed by atoms with E-state index in [9.17, 15) is 27.2 Å². The summed E-state index contributed by atoms with van der Waals surface area (Å²) in [5, 5.41) is 5.62. The third kappa shape index (κ3) is 5.90. The quantitative estimate of drug-likeness (QED) is 0.224. The fourth-order valence-electron chi connectivity index (χ4n) is 4.14. The lowest BCUT2D eigenvalue weighted by molar-refractivity contribution is 0.0959. The summed E-state index contributed by atoms with van der Waals surface area (Å²) in [6.45, 7) is 6.26. The van der Waals surface area contributed by atoms with Gasteiger partial charge < -0.3 is 10.1 Å². The molecule has 0 bridgehead atoms. The molecule has 5 nitrogen and oxygen atoms in total. The molecular formula is C29H23BrF4N2O3. The van der Waals surface area contributed by atoms with Crippen molar-refractivity contribution in [2.75, 3.05) is 5.32 Å². The molecule has 0 aromatic heterocycles. The molecule has 39 heavy (non-hydrogen) atoms. The van der Waals surface area contributed by atoms with E-state index < -0.39 is 41.1 Å². The van der Waals surface area contributed by atoms with Crippen LogP contribution in [0.2, 0.25) is 0 Å². The van der Waals surface area contributed by atoms with Crippen LogP contribution in [0, 0.1) is 11.6 Å². The molecule has 0 saturated carbocycles. The van der Waals surface area contributed by atoms with Crippen LogP contribution in [0.15, 0.2) is 71.2 Å². The second-order valence-corrected chi connectivity index (χ2v) is 10.4. The normalized spacial score (nSPS) is 11.5. The number of hydrogen-bond donors (Lipinski definition) is 2. The van der Waals surface area contributed by atoms with Crippen molar-refractivity contribution in [2.24, 2.45) is 0 Å². The lowest BCUT2D eigenvalue weighted by atomic mass is 9.83. The highest BCUT2D eigenvalue weighted by Gasteiger charge is 2.25. The van der Waals surface area contributed by atoms with E-state index in [2.05, 4.69) is 42.0 Å². The van der Waals surface area contributed by atoms with Crippen molar-refractivity contribution in [1.29, 1.82) is 0 Å². The van der Waals surface area contributed by atoms with Crippen molar-refractivity contribution in [3.63, 3.8) is 0 Å². The number of halogens is 5. The third-order valence-corrected chi connectivity index (χ3v) is 6.76. The van der Waals surface area contributed by atoms with E-state index in [-0.39, 0.29) is 21.3 Å². The number of ether oxygens (including phenoxy) is 1. The summed E-state index contributed by atoms with van der Waals surface area (Å²) in [4.78, 5) is 24.6. The minimum Gasteiger partial charge on any atom is -0.456 e. The highest BCUT2D eigenvalue weighted by atomic mass is 79.9. The average molecular weight is 603 g/mol. The van der Waals surface area contributed by atoms with Crippen molar-refractivity contribution >= 4 is 44.3 Å². The van der Waals surface area contributed by atoms with Crippen LogP contribution in [0.1, 0.15) is 48.7 Å². The van der Waals surface area contributed by atoms with Gasteiger partial charge in [-0.15, -0.1) is 0 Å². The predicted molar refractivity (Wildman–Crippen MR) is 145 cm³/mol. The maximum Gasteiger partial charge on any atom is 0.326 e. The Morgan fingerprint density at radius 2 is 1.46 bits per heavy atom. The zero-order valence-electron chi connectivity index (χ0n) is 21.0. The number of carbonyl (C=O) groups excluding carboxylic acids is 2. The largest absolute Gasteiger partial charge is 0.456 e. The Bertz CT molecular complexity index is 1570. The number of amides is 3. The number of fused-ring (bicyclic) bond motifs is 1. The van der Waals surface area contributed by atoms with E-state index in [4.69, 9.17) is 4.74 Å². The highest BCUT2D eigenvalue weighted by Crippen LogP contribution is 2.43. The number of imide groups is 1. The van der Waals surface area contributed by atoms with Crippen molar-refractivity contribution < 1.29 is 31.9 Å². The lowest BCUT2D eigenvalue weighted by Crippen LogP contribution is -2.35. The van der Waals surface area contributed by atoms with Crippen molar-refractivity contribution in [3.05, 3.63) is 99.5 Å². The van der Waals surface area contributed by atoms with Gasteiger partial charge in [-0.1, -0.05) is 57.2 Å². The number of carbonyl (C=O) groups is 2. The zero-order valence-corrected chi connectivity index (χ0v) is 22.6. The minimum atomic E-state index is -3.06. The summed E-state index contributed by atoms with van der Waals surface area (Å²) in [6, 6.07) is 15.3. The fraction of sp³-hybridized carbons (Fsp3) is 0.172. The Morgan fingerprint density at radius 1 is 0.846 bits per heavy atom. The summed E-state index contributed by atoms with van der Waals surface area (Å²) in [6.07, 6.45) is -3.06. The van der Waals surface area contributed by atoms with Gasteiger partial charge in [0.1, 0.15) is 28.7 Å². The molecule has 0 unspecified atom stereocenters. The van der Waals surface area contributed by atoms with E-state index >= 15 is 0 Å². The zero-order chi connectivity index (χ0) is 28.5. The highest BCUT2D eigenvalue weighted by molar-refractivity contribution is 9.10. The van der Waals surface area contributed by atoms with Crippen LogP contribution in [0.5, 0.6) is 11.5 Å². The second-order valence-electron chi connectivity index (χ2n) is 9.65. The van der Waals surface area contributed by atoms with E-state index in [1.165, 1.54) is 12.1 Å². The molecule has 0 saturated heterocycles. The molecule has 4 rings (SSSR count). The predicted octanol–water partition coefficient (Wildman–Crippen LogP) is 8.87. The molecule has 0 aliphatic carbocycles. The van der Waals surface area contributed by atoms with Crippen LogP contribution in [0.25, 0.3) is 10.8 Å². The van der Waals surface area contributed by atoms with Gasteiger partial charge in [0.2, 0.25) is 0 Å². The number of nitrogens with one attached hydrogen (secondary N) is 2. The van der Waals surface area contributed by atoms with Gasteiger partial charge in [-0.3, -0.25) is 10.1 Å². The molecule has 0 radical (unpaired) electrons. The Labute approximate surface area is 230 Å². The summed E-state index contributed by atoms with van der Waals surface area (Å²) in [5.41, 5.74) is -0.974. The van der Waals surface area contributed by atoms with Crippen LogP contribution in [0.4, 0.5) is 28.0 Å². The molecule has 10 heteroatoms. The number of urea groups is 1. The molecule has 202 valence electrons. The molecule has 3 amide bonds. The van der Waals surface area contributed by atoms with Crippen LogP contribution in [-0.4, -0.2) is 11.9 Å². The van der Waals surface area contributed by atoms with Crippen LogP contribution in [0.3, 0.4) is 0 Å². The molecular weight excluding hydrogens is 580 g/mol. The topological polar surface area (TPSA) is 67.4 Å². The van der Waals surface area contributed by atoms with Gasteiger partial charge >= 0.3 is 6.03 Å². The smallest absolute Gasteiger partial charge is 0.326 e. The molecule has 0 atom stereocenters. The third-order valence-electron chi connectivity index (χ3n) is 5.94. The van der Waals surface area contributed by atoms with Crippen LogP contribution < -0.4 is 15.4 Å². The van der Waals surface area contributed by atoms with Crippen molar-refractivity contribution in [2.45, 2.75) is 32.6 Å². The van der Waals surface area contributed by atoms with Gasteiger partial charge in [-0.05, 0) is 62.6 Å². The Morgan fingerprint density at radius 3 is 2.08 bits per heavy atom. The first-order valence-electron chi connectivity index (χ1n) is 11.8. The van der Waals surface area contributed by atoms with Gasteiger partial charge in [0.25, 0.3) is 12.3 Å². The Balaban J connectivity index is 1.63. The van der Waals surface area contributed by atoms with Gasteiger partial charge in [-0.2, -0.15) is 0 Å². The summed E-state index contributed by atoms with van der Waals surface area (Å²) >= 11 is 3.15. The van der Waals surface area contributed by atoms with E-state index in [0.717, 1.165) is 34.5 Å². The molecule has 0 spiro atoms. The number of anilines is 1. The summed E-state index contributed by atoms with van der Waals surface area (Å²) in [5.74, 6) is -3.22. The SMILES string of the molecule is CC(C)(C)c1ccc(Oc2ccc(NC(=O)NC(=O)c3c(F)cccc3F)c(C(F)F)c2Br)c2ccccc12. The van der Waals surface area contributed by atoms with E-state index in [0.29, 0.717) is 5.75 Å². The Hall–Kier alpha value is -3.92. The molecule has 4 aromatic rings. The molecule has 4 aromatic carbocycles. The first-order chi connectivity index (χ1) is 18.4. The maximum absolute atomic E-state index is 14.1. The number of benzene rings is 4. The molecule has 0 aliphatic rings. The van der Waals surface area contributed by atoms with Gasteiger partial charge in [0.15, 0.2) is 0 Å². The molecule has 0 fully saturated rings. The fourth-order valence-corrected chi connectivity index (χ4v) is 4.74. The summed E-state index contributed by atoms with van der Waals surface area (Å²) < 4.78 is 61.8. The lowest BCUT2D eigenvalue weighted by Gasteiger charge is -2.23. The van der Waals surface area contributed by atoms with Gasteiger partial charge in [0.05, 0.1) is 15.7 Å². The Kier molecular flexibility index (Phi) is 7.96. The standard InChI is InChI=1S/C29H23BrF4N2O3/c1-29(2,3)17-11-13-21(16-8-5-4-7-15(16)17)39-22-14-12-20(24(25(22)30)26(33)34)35-28(38)36-27(37)23-18(31)9-6-10-19(23)32/h4-14,26H,1-3H3,(H2,35,36,37,38). The molecule has 0 aliphatic heterocycles. The number of hydrogen-bond acceptors (Lipinski definition) is 3. The molecule has 0 heterocycles. The van der Waals surface area contributed by atoms with Gasteiger partial charge in [-0.25, -0.2) is 22.4 Å². The van der Waals surface area contributed by atoms with Gasteiger partial charge in [0, 0.05) is 5.39 Å². The first kappa shape index (κ1) is 28.1. The summed E-state index contributed by atoms with van der Waals surface area (Å²) in [7, 11) is 0.